The van der Waals surface area contributed by atoms with Crippen LogP contribution < -0.4 is 10.1 Å². The summed E-state index contributed by atoms with van der Waals surface area (Å²) < 4.78 is 8.47. The first-order chi connectivity index (χ1) is 15.9. The zero-order valence-electron chi connectivity index (χ0n) is 16.9. The smallest absolute Gasteiger partial charge is 0.311 e. The molecule has 0 unspecified atom stereocenters. The Morgan fingerprint density at radius 3 is 2.61 bits per heavy atom. The highest BCUT2D eigenvalue weighted by atomic mass is 35.5. The van der Waals surface area contributed by atoms with Crippen molar-refractivity contribution >= 4 is 40.6 Å². The first kappa shape index (κ1) is 22.3. The highest BCUT2D eigenvalue weighted by molar-refractivity contribution is 6.42. The minimum absolute atomic E-state index is 0.101. The van der Waals surface area contributed by atoms with Gasteiger partial charge in [0.1, 0.15) is 0 Å². The van der Waals surface area contributed by atoms with E-state index < -0.39 is 10.8 Å². The summed E-state index contributed by atoms with van der Waals surface area (Å²) in [4.78, 5) is 23.0. The van der Waals surface area contributed by atoms with Crippen LogP contribution in [0.4, 0.5) is 11.5 Å². The molecule has 0 spiro atoms. The second-order valence-corrected chi connectivity index (χ2v) is 7.65. The van der Waals surface area contributed by atoms with Crippen LogP contribution in [0.1, 0.15) is 16.1 Å². The molecule has 0 aliphatic heterocycles. The first-order valence-corrected chi connectivity index (χ1v) is 10.3. The van der Waals surface area contributed by atoms with Gasteiger partial charge in [-0.3, -0.25) is 19.6 Å². The lowest BCUT2D eigenvalue weighted by atomic mass is 10.2. The largest absolute Gasteiger partial charge is 0.464 e. The van der Waals surface area contributed by atoms with E-state index >= 15 is 0 Å². The van der Waals surface area contributed by atoms with Gasteiger partial charge >= 0.3 is 5.69 Å². The van der Waals surface area contributed by atoms with Crippen molar-refractivity contribution in [3.63, 3.8) is 0 Å². The molecular weight excluding hydrogens is 471 g/mol. The fraction of sp³-hybridized carbons (Fsp3) is 0.0952. The molecule has 10 nitrogen and oxygen atoms in total. The second-order valence-electron chi connectivity index (χ2n) is 6.84. The van der Waals surface area contributed by atoms with Gasteiger partial charge in [-0.05, 0) is 29.8 Å². The normalized spacial score (nSPS) is 10.7. The number of nitro groups is 1. The minimum atomic E-state index is -0.530. The Balaban J connectivity index is 1.35. The number of para-hydroxylation sites is 2. The standard InChI is InChI=1S/C21H16Cl2N6O4/c22-15-6-5-14(11-16(15)23)12-27-10-8-20(26-27)24-21(30)17-7-9-28(25-17)13-33-19-4-2-1-3-18(19)29(31)32/h1-11H,12-13H2,(H,24,26,30). The Morgan fingerprint density at radius 1 is 1.03 bits per heavy atom. The van der Waals surface area contributed by atoms with Crippen molar-refractivity contribution in [2.24, 2.45) is 0 Å². The predicted molar refractivity (Wildman–Crippen MR) is 122 cm³/mol. The lowest BCUT2D eigenvalue weighted by molar-refractivity contribution is -0.386. The highest BCUT2D eigenvalue weighted by Crippen LogP contribution is 2.26. The topological polar surface area (TPSA) is 117 Å². The molecule has 4 aromatic rings. The summed E-state index contributed by atoms with van der Waals surface area (Å²) in [5.41, 5.74) is 0.891. The molecule has 168 valence electrons. The van der Waals surface area contributed by atoms with Gasteiger partial charge in [0.25, 0.3) is 5.91 Å². The molecule has 0 bridgehead atoms. The number of amides is 1. The molecule has 0 aliphatic carbocycles. The second kappa shape index (κ2) is 9.72. The molecule has 2 aromatic carbocycles. The van der Waals surface area contributed by atoms with Gasteiger partial charge in [0.15, 0.2) is 24.0 Å². The van der Waals surface area contributed by atoms with Crippen LogP contribution in [0.2, 0.25) is 10.0 Å². The van der Waals surface area contributed by atoms with E-state index in [-0.39, 0.29) is 23.9 Å². The predicted octanol–water partition coefficient (Wildman–Crippen LogP) is 4.63. The van der Waals surface area contributed by atoms with E-state index in [9.17, 15) is 14.9 Å². The Kier molecular flexibility index (Phi) is 6.57. The Labute approximate surface area is 197 Å². The average molecular weight is 487 g/mol. The summed E-state index contributed by atoms with van der Waals surface area (Å²) in [5.74, 6) is 0.00140. The van der Waals surface area contributed by atoms with Gasteiger partial charge in [-0.15, -0.1) is 0 Å². The number of anilines is 1. The van der Waals surface area contributed by atoms with Crippen LogP contribution in [0, 0.1) is 10.1 Å². The minimum Gasteiger partial charge on any atom is -0.464 e. The lowest BCUT2D eigenvalue weighted by Crippen LogP contribution is -2.15. The average Bonchev–Trinajstić information content (AvgIpc) is 3.44. The van der Waals surface area contributed by atoms with E-state index in [1.807, 2.05) is 6.07 Å². The van der Waals surface area contributed by atoms with Crippen LogP contribution >= 0.6 is 23.2 Å². The number of carbonyl (C=O) groups excluding carboxylic acids is 1. The summed E-state index contributed by atoms with van der Waals surface area (Å²) in [6.07, 6.45) is 3.25. The third-order valence-corrected chi connectivity index (χ3v) is 5.24. The molecule has 2 aromatic heterocycles. The number of ether oxygens (including phenoxy) is 1. The number of benzene rings is 2. The molecule has 1 amide bonds. The maximum absolute atomic E-state index is 12.5. The van der Waals surface area contributed by atoms with E-state index in [4.69, 9.17) is 27.9 Å². The van der Waals surface area contributed by atoms with Gasteiger partial charge in [0.2, 0.25) is 0 Å². The van der Waals surface area contributed by atoms with Gasteiger partial charge in [0, 0.05) is 24.5 Å². The van der Waals surface area contributed by atoms with Crippen molar-refractivity contribution in [3.05, 3.63) is 98.4 Å². The molecule has 1 N–H and O–H groups in total. The van der Waals surface area contributed by atoms with Crippen LogP contribution in [-0.4, -0.2) is 30.4 Å². The lowest BCUT2D eigenvalue weighted by Gasteiger charge is -2.06. The van der Waals surface area contributed by atoms with Crippen molar-refractivity contribution in [2.45, 2.75) is 13.3 Å². The van der Waals surface area contributed by atoms with Crippen molar-refractivity contribution in [1.82, 2.24) is 19.6 Å². The molecule has 0 saturated carbocycles. The maximum atomic E-state index is 12.5. The van der Waals surface area contributed by atoms with Gasteiger partial charge < -0.3 is 10.1 Å². The van der Waals surface area contributed by atoms with Crippen molar-refractivity contribution in [2.75, 3.05) is 5.32 Å². The van der Waals surface area contributed by atoms with Crippen molar-refractivity contribution in [1.29, 1.82) is 0 Å². The van der Waals surface area contributed by atoms with E-state index in [0.717, 1.165) is 5.56 Å². The number of hydrogen-bond donors (Lipinski definition) is 1. The Morgan fingerprint density at radius 2 is 1.82 bits per heavy atom. The number of hydrogen-bond acceptors (Lipinski definition) is 6. The van der Waals surface area contributed by atoms with Gasteiger partial charge in [-0.25, -0.2) is 4.68 Å². The number of aromatic nitrogens is 4. The Bertz CT molecular complexity index is 1320. The zero-order valence-corrected chi connectivity index (χ0v) is 18.4. The van der Waals surface area contributed by atoms with Crippen molar-refractivity contribution < 1.29 is 14.5 Å². The molecule has 0 radical (unpaired) electrons. The van der Waals surface area contributed by atoms with E-state index in [2.05, 4.69) is 15.5 Å². The summed E-state index contributed by atoms with van der Waals surface area (Å²) >= 11 is 12.0. The number of nitrogens with one attached hydrogen (secondary N) is 1. The molecular formula is C21H16Cl2N6O4. The zero-order chi connectivity index (χ0) is 23.4. The quantitative estimate of drug-likeness (QED) is 0.286. The maximum Gasteiger partial charge on any atom is 0.311 e. The van der Waals surface area contributed by atoms with Gasteiger partial charge in [-0.2, -0.15) is 10.2 Å². The monoisotopic (exact) mass is 486 g/mol. The van der Waals surface area contributed by atoms with Crippen molar-refractivity contribution in [3.8, 4) is 5.75 Å². The summed E-state index contributed by atoms with van der Waals surface area (Å²) in [5, 5.41) is 23.1. The third kappa shape index (κ3) is 5.48. The number of nitro benzene ring substituents is 1. The molecule has 0 atom stereocenters. The SMILES string of the molecule is O=C(Nc1ccn(Cc2ccc(Cl)c(Cl)c2)n1)c1ccn(COc2ccccc2[N+](=O)[O-])n1. The number of nitrogens with zero attached hydrogens (tertiary/aromatic N) is 5. The molecule has 0 fully saturated rings. The van der Waals surface area contributed by atoms with Crippen LogP contribution in [0.15, 0.2) is 67.0 Å². The summed E-state index contributed by atoms with van der Waals surface area (Å²) in [6.45, 7) is 0.348. The fourth-order valence-electron chi connectivity index (χ4n) is 2.94. The Hall–Kier alpha value is -3.89. The van der Waals surface area contributed by atoms with E-state index in [1.165, 1.54) is 29.1 Å². The van der Waals surface area contributed by atoms with Crippen LogP contribution in [0.5, 0.6) is 5.75 Å². The van der Waals surface area contributed by atoms with E-state index in [1.54, 1.807) is 41.2 Å². The third-order valence-electron chi connectivity index (χ3n) is 4.50. The van der Waals surface area contributed by atoms with Crippen LogP contribution in [-0.2, 0) is 13.3 Å². The first-order valence-electron chi connectivity index (χ1n) is 9.57. The molecule has 33 heavy (non-hydrogen) atoms. The molecule has 0 saturated heterocycles. The van der Waals surface area contributed by atoms with Crippen LogP contribution in [0.3, 0.4) is 0 Å². The van der Waals surface area contributed by atoms with Gasteiger partial charge in [0.05, 0.1) is 21.5 Å². The van der Waals surface area contributed by atoms with E-state index in [0.29, 0.717) is 22.4 Å². The molecule has 4 rings (SSSR count). The molecule has 12 heteroatoms. The number of carbonyl (C=O) groups is 1. The highest BCUT2D eigenvalue weighted by Gasteiger charge is 2.15. The number of halogens is 2. The summed E-state index contributed by atoms with van der Waals surface area (Å²) in [7, 11) is 0. The number of rotatable bonds is 8. The van der Waals surface area contributed by atoms with Crippen LogP contribution in [0.25, 0.3) is 0 Å². The fourth-order valence-corrected chi connectivity index (χ4v) is 3.26. The molecule has 2 heterocycles. The van der Waals surface area contributed by atoms with Gasteiger partial charge in [-0.1, -0.05) is 41.4 Å². The molecule has 0 aliphatic rings. The summed E-state index contributed by atoms with van der Waals surface area (Å²) in [6, 6.07) is 14.5.